The van der Waals surface area contributed by atoms with Crippen LogP contribution in [0.2, 0.25) is 0 Å². The van der Waals surface area contributed by atoms with Crippen LogP contribution in [0, 0.1) is 17.8 Å². The minimum Gasteiger partial charge on any atom is -0.493 e. The van der Waals surface area contributed by atoms with Gasteiger partial charge in [-0.2, -0.15) is 0 Å². The maximum absolute atomic E-state index is 13.0. The van der Waals surface area contributed by atoms with Gasteiger partial charge >= 0.3 is 5.97 Å². The average Bonchev–Trinajstić information content (AvgIpc) is 2.89. The van der Waals surface area contributed by atoms with E-state index in [4.69, 9.17) is 9.47 Å². The van der Waals surface area contributed by atoms with Crippen molar-refractivity contribution in [2.75, 3.05) is 26.3 Å². The molecule has 6 nitrogen and oxygen atoms in total. The second kappa shape index (κ2) is 14.0. The smallest absolute Gasteiger partial charge is 0.309 e. The Morgan fingerprint density at radius 1 is 1.03 bits per heavy atom. The number of rotatable bonds is 12. The largest absolute Gasteiger partial charge is 0.493 e. The van der Waals surface area contributed by atoms with E-state index in [-0.39, 0.29) is 18.3 Å². The summed E-state index contributed by atoms with van der Waals surface area (Å²) in [5.41, 5.74) is 3.23. The van der Waals surface area contributed by atoms with E-state index >= 15 is 0 Å². The summed E-state index contributed by atoms with van der Waals surface area (Å²) in [6.45, 7) is 10.8. The Balaban J connectivity index is 1.52. The van der Waals surface area contributed by atoms with E-state index in [2.05, 4.69) is 37.9 Å². The molecule has 1 amide bonds. The third-order valence-electron chi connectivity index (χ3n) is 7.20. The number of likely N-dealkylation sites (tertiary alicyclic amines) is 1. The standard InChI is InChI=1S/C30H42N2O4/c1-5-23-7-10-27(31-21-23)15-18-36-28-11-8-24(9-12-28)19-26(30(34)35-6-2)20-29(33)32-16-13-25(14-17-32)22(3)4/h7-12,21-22,25-26H,5-6,13-20H2,1-4H3. The Morgan fingerprint density at radius 2 is 1.72 bits per heavy atom. The summed E-state index contributed by atoms with van der Waals surface area (Å²) in [6.07, 6.45) is 6.38. The number of hydrogen-bond donors (Lipinski definition) is 0. The first kappa shape index (κ1) is 27.7. The molecular formula is C30H42N2O4. The molecule has 1 aliphatic heterocycles. The van der Waals surface area contributed by atoms with Crippen molar-refractivity contribution in [3.63, 3.8) is 0 Å². The number of hydrogen-bond acceptors (Lipinski definition) is 5. The van der Waals surface area contributed by atoms with Crippen LogP contribution < -0.4 is 4.74 Å². The van der Waals surface area contributed by atoms with Gasteiger partial charge in [-0.15, -0.1) is 0 Å². The fourth-order valence-corrected chi connectivity index (χ4v) is 4.75. The van der Waals surface area contributed by atoms with E-state index < -0.39 is 5.92 Å². The molecule has 6 heteroatoms. The van der Waals surface area contributed by atoms with Crippen LogP contribution in [0.1, 0.15) is 63.8 Å². The van der Waals surface area contributed by atoms with Crippen molar-refractivity contribution in [3.05, 3.63) is 59.4 Å². The highest BCUT2D eigenvalue weighted by molar-refractivity contribution is 5.83. The van der Waals surface area contributed by atoms with Crippen LogP contribution >= 0.6 is 0 Å². The minimum absolute atomic E-state index is 0.0517. The SMILES string of the molecule is CCOC(=O)C(CC(=O)N1CCC(C(C)C)CC1)Cc1ccc(OCCc2ccc(CC)cn2)cc1. The first-order chi connectivity index (χ1) is 17.4. The summed E-state index contributed by atoms with van der Waals surface area (Å²) in [5, 5.41) is 0. The summed E-state index contributed by atoms with van der Waals surface area (Å²) < 4.78 is 11.2. The third kappa shape index (κ3) is 8.35. The highest BCUT2D eigenvalue weighted by atomic mass is 16.5. The monoisotopic (exact) mass is 494 g/mol. The number of piperidine rings is 1. The van der Waals surface area contributed by atoms with Crippen LogP contribution in [0.5, 0.6) is 5.75 Å². The number of esters is 1. The number of nitrogens with zero attached hydrogens (tertiary/aromatic N) is 2. The van der Waals surface area contributed by atoms with E-state index in [0.717, 1.165) is 55.8 Å². The number of amides is 1. The van der Waals surface area contributed by atoms with E-state index in [1.165, 1.54) is 5.56 Å². The highest BCUT2D eigenvalue weighted by Crippen LogP contribution is 2.26. The predicted octanol–water partition coefficient (Wildman–Crippen LogP) is 5.27. The maximum atomic E-state index is 13.0. The molecule has 36 heavy (non-hydrogen) atoms. The lowest BCUT2D eigenvalue weighted by Gasteiger charge is -2.34. The van der Waals surface area contributed by atoms with Gasteiger partial charge in [0.1, 0.15) is 5.75 Å². The van der Waals surface area contributed by atoms with Gasteiger partial charge in [-0.3, -0.25) is 14.6 Å². The van der Waals surface area contributed by atoms with Crippen molar-refractivity contribution >= 4 is 11.9 Å². The molecule has 3 rings (SSSR count). The summed E-state index contributed by atoms with van der Waals surface area (Å²) in [4.78, 5) is 32.1. The molecular weight excluding hydrogens is 452 g/mol. The Labute approximate surface area is 216 Å². The molecule has 0 radical (unpaired) electrons. The quantitative estimate of drug-likeness (QED) is 0.376. The van der Waals surface area contributed by atoms with Crippen LogP contribution in [-0.2, 0) is 33.6 Å². The van der Waals surface area contributed by atoms with Crippen LogP contribution in [0.15, 0.2) is 42.6 Å². The van der Waals surface area contributed by atoms with Crippen LogP contribution in [-0.4, -0.2) is 48.1 Å². The molecule has 2 aromatic rings. The molecule has 0 aliphatic carbocycles. The van der Waals surface area contributed by atoms with Gasteiger partial charge in [0.05, 0.1) is 19.1 Å². The molecule has 0 saturated carbocycles. The van der Waals surface area contributed by atoms with Crippen molar-refractivity contribution in [1.82, 2.24) is 9.88 Å². The average molecular weight is 495 g/mol. The molecule has 1 aromatic heterocycles. The van der Waals surface area contributed by atoms with Crippen LogP contribution in [0.3, 0.4) is 0 Å². The van der Waals surface area contributed by atoms with E-state index in [1.54, 1.807) is 6.92 Å². The lowest BCUT2D eigenvalue weighted by Crippen LogP contribution is -2.41. The van der Waals surface area contributed by atoms with Gasteiger partial charge in [0.15, 0.2) is 0 Å². The number of aromatic nitrogens is 1. The second-order valence-corrected chi connectivity index (χ2v) is 10.1. The van der Waals surface area contributed by atoms with E-state index in [0.29, 0.717) is 31.5 Å². The topological polar surface area (TPSA) is 68.7 Å². The van der Waals surface area contributed by atoms with Crippen molar-refractivity contribution in [2.24, 2.45) is 17.8 Å². The third-order valence-corrected chi connectivity index (χ3v) is 7.20. The molecule has 0 spiro atoms. The first-order valence-corrected chi connectivity index (χ1v) is 13.5. The van der Waals surface area contributed by atoms with Crippen molar-refractivity contribution in [3.8, 4) is 5.75 Å². The fraction of sp³-hybridized carbons (Fsp3) is 0.567. The van der Waals surface area contributed by atoms with Gasteiger partial charge in [0, 0.05) is 37.8 Å². The summed E-state index contributed by atoms with van der Waals surface area (Å²) in [7, 11) is 0. The number of benzene rings is 1. The zero-order chi connectivity index (χ0) is 25.9. The number of ether oxygens (including phenoxy) is 2. The number of aryl methyl sites for hydroxylation is 1. The summed E-state index contributed by atoms with van der Waals surface area (Å²) in [6, 6.07) is 11.9. The zero-order valence-corrected chi connectivity index (χ0v) is 22.4. The molecule has 0 bridgehead atoms. The van der Waals surface area contributed by atoms with Crippen LogP contribution in [0.4, 0.5) is 0 Å². The Morgan fingerprint density at radius 3 is 2.31 bits per heavy atom. The van der Waals surface area contributed by atoms with Gasteiger partial charge in [-0.25, -0.2) is 0 Å². The minimum atomic E-state index is -0.482. The van der Waals surface area contributed by atoms with Crippen LogP contribution in [0.25, 0.3) is 0 Å². The normalized spacial score (nSPS) is 15.1. The molecule has 1 fully saturated rings. The molecule has 1 aromatic carbocycles. The Kier molecular flexibility index (Phi) is 10.8. The summed E-state index contributed by atoms with van der Waals surface area (Å²) in [5.74, 6) is 1.37. The number of pyridine rings is 1. The van der Waals surface area contributed by atoms with Gasteiger partial charge in [0.2, 0.25) is 5.91 Å². The predicted molar refractivity (Wildman–Crippen MR) is 142 cm³/mol. The van der Waals surface area contributed by atoms with Crippen molar-refractivity contribution in [1.29, 1.82) is 0 Å². The summed E-state index contributed by atoms with van der Waals surface area (Å²) >= 11 is 0. The molecule has 1 aliphatic rings. The Bertz CT molecular complexity index is 948. The van der Waals surface area contributed by atoms with Gasteiger partial charge < -0.3 is 14.4 Å². The van der Waals surface area contributed by atoms with Gasteiger partial charge in [-0.05, 0) is 73.8 Å². The maximum Gasteiger partial charge on any atom is 0.309 e. The molecule has 1 saturated heterocycles. The fourth-order valence-electron chi connectivity index (χ4n) is 4.75. The second-order valence-electron chi connectivity index (χ2n) is 10.1. The molecule has 0 N–H and O–H groups in total. The molecule has 196 valence electrons. The number of carbonyl (C=O) groups is 2. The zero-order valence-electron chi connectivity index (χ0n) is 22.4. The van der Waals surface area contributed by atoms with Crippen molar-refractivity contribution < 1.29 is 19.1 Å². The first-order valence-electron chi connectivity index (χ1n) is 13.5. The highest BCUT2D eigenvalue weighted by Gasteiger charge is 2.29. The van der Waals surface area contributed by atoms with Crippen molar-refractivity contribution in [2.45, 2.75) is 66.2 Å². The van der Waals surface area contributed by atoms with E-state index in [1.807, 2.05) is 35.4 Å². The lowest BCUT2D eigenvalue weighted by atomic mass is 9.86. The molecule has 2 heterocycles. The molecule has 1 unspecified atom stereocenters. The molecule has 1 atom stereocenters. The van der Waals surface area contributed by atoms with Gasteiger partial charge in [0.25, 0.3) is 0 Å². The lowest BCUT2D eigenvalue weighted by molar-refractivity contribution is -0.151. The Hall–Kier alpha value is -2.89. The van der Waals surface area contributed by atoms with Gasteiger partial charge in [-0.1, -0.05) is 39.0 Å². The number of carbonyl (C=O) groups excluding carboxylic acids is 2. The van der Waals surface area contributed by atoms with E-state index in [9.17, 15) is 9.59 Å².